The van der Waals surface area contributed by atoms with Gasteiger partial charge < -0.3 is 15.4 Å². The average Bonchev–Trinajstić information content (AvgIpc) is 2.29. The van der Waals surface area contributed by atoms with Crippen LogP contribution in [-0.4, -0.2) is 39.2 Å². The molecular formula is C13H21FN2O. The largest absolute Gasteiger partial charge is 0.494 e. The number of benzene rings is 1. The van der Waals surface area contributed by atoms with Crippen LogP contribution >= 0.6 is 0 Å². The van der Waals surface area contributed by atoms with Gasteiger partial charge in [-0.1, -0.05) is 6.07 Å². The van der Waals surface area contributed by atoms with Crippen molar-refractivity contribution < 1.29 is 9.13 Å². The smallest absolute Gasteiger partial charge is 0.165 e. The lowest BCUT2D eigenvalue weighted by Crippen LogP contribution is -2.20. The van der Waals surface area contributed by atoms with Crippen molar-refractivity contribution in [1.82, 2.24) is 4.90 Å². The number of nitrogens with two attached hydrogens (primary N) is 1. The van der Waals surface area contributed by atoms with Gasteiger partial charge in [-0.25, -0.2) is 4.39 Å². The molecule has 2 N–H and O–H groups in total. The van der Waals surface area contributed by atoms with Crippen molar-refractivity contribution in [1.29, 1.82) is 0 Å². The Labute approximate surface area is 102 Å². The minimum absolute atomic E-state index is 0.192. The molecule has 0 heterocycles. The lowest BCUT2D eigenvalue weighted by atomic mass is 9.95. The molecule has 1 aromatic rings. The van der Waals surface area contributed by atoms with Crippen molar-refractivity contribution in [3.63, 3.8) is 0 Å². The third-order valence-electron chi connectivity index (χ3n) is 2.86. The lowest BCUT2D eigenvalue weighted by Gasteiger charge is -2.18. The molecule has 0 fully saturated rings. The van der Waals surface area contributed by atoms with Gasteiger partial charge in [-0.15, -0.1) is 0 Å². The summed E-state index contributed by atoms with van der Waals surface area (Å²) in [6, 6.07) is 5.06. The van der Waals surface area contributed by atoms with E-state index in [0.717, 1.165) is 18.5 Å². The number of hydrogen-bond donors (Lipinski definition) is 1. The summed E-state index contributed by atoms with van der Waals surface area (Å²) in [4.78, 5) is 2.10. The van der Waals surface area contributed by atoms with Crippen LogP contribution in [0.2, 0.25) is 0 Å². The van der Waals surface area contributed by atoms with Crippen LogP contribution < -0.4 is 10.5 Å². The Bertz CT molecular complexity index is 355. The maximum Gasteiger partial charge on any atom is 0.165 e. The van der Waals surface area contributed by atoms with E-state index in [9.17, 15) is 4.39 Å². The summed E-state index contributed by atoms with van der Waals surface area (Å²) in [7, 11) is 5.49. The van der Waals surface area contributed by atoms with Crippen LogP contribution in [0.25, 0.3) is 0 Å². The van der Waals surface area contributed by atoms with Crippen LogP contribution in [0.5, 0.6) is 5.75 Å². The lowest BCUT2D eigenvalue weighted by molar-refractivity contribution is 0.377. The summed E-state index contributed by atoms with van der Waals surface area (Å²) in [5.41, 5.74) is 6.68. The SMILES string of the molecule is COc1ccc(C(CN)CCN(C)C)cc1F. The van der Waals surface area contributed by atoms with E-state index in [0.29, 0.717) is 6.54 Å². The molecule has 1 rings (SSSR count). The van der Waals surface area contributed by atoms with Gasteiger partial charge in [-0.3, -0.25) is 0 Å². The Balaban J connectivity index is 2.78. The Morgan fingerprint density at radius 1 is 1.41 bits per heavy atom. The Morgan fingerprint density at radius 2 is 2.12 bits per heavy atom. The number of rotatable bonds is 6. The predicted molar refractivity (Wildman–Crippen MR) is 67.9 cm³/mol. The second-order valence-electron chi connectivity index (χ2n) is 4.42. The molecule has 0 bridgehead atoms. The molecule has 0 aromatic heterocycles. The Morgan fingerprint density at radius 3 is 2.59 bits per heavy atom. The predicted octanol–water partition coefficient (Wildman–Crippen LogP) is 1.83. The highest BCUT2D eigenvalue weighted by atomic mass is 19.1. The molecule has 0 amide bonds. The second-order valence-corrected chi connectivity index (χ2v) is 4.42. The van der Waals surface area contributed by atoms with Crippen LogP contribution in [0.4, 0.5) is 4.39 Å². The number of ether oxygens (including phenoxy) is 1. The molecule has 1 unspecified atom stereocenters. The van der Waals surface area contributed by atoms with E-state index < -0.39 is 0 Å². The zero-order chi connectivity index (χ0) is 12.8. The van der Waals surface area contributed by atoms with Crippen molar-refractivity contribution >= 4 is 0 Å². The highest BCUT2D eigenvalue weighted by Crippen LogP contribution is 2.24. The maximum atomic E-state index is 13.6. The van der Waals surface area contributed by atoms with Gasteiger partial charge in [0.15, 0.2) is 11.6 Å². The summed E-state index contributed by atoms with van der Waals surface area (Å²) in [5, 5.41) is 0. The fraction of sp³-hybridized carbons (Fsp3) is 0.538. The van der Waals surface area contributed by atoms with Crippen molar-refractivity contribution in [3.05, 3.63) is 29.6 Å². The van der Waals surface area contributed by atoms with Gasteiger partial charge in [0.2, 0.25) is 0 Å². The van der Waals surface area contributed by atoms with Gasteiger partial charge in [0.25, 0.3) is 0 Å². The molecule has 0 saturated heterocycles. The van der Waals surface area contributed by atoms with Gasteiger partial charge in [0.1, 0.15) is 0 Å². The van der Waals surface area contributed by atoms with Crippen molar-refractivity contribution in [2.45, 2.75) is 12.3 Å². The topological polar surface area (TPSA) is 38.5 Å². The molecule has 0 spiro atoms. The monoisotopic (exact) mass is 240 g/mol. The first-order valence-electron chi connectivity index (χ1n) is 5.76. The highest BCUT2D eigenvalue weighted by molar-refractivity contribution is 5.31. The third-order valence-corrected chi connectivity index (χ3v) is 2.86. The summed E-state index contributed by atoms with van der Waals surface area (Å²) in [6.45, 7) is 1.47. The summed E-state index contributed by atoms with van der Waals surface area (Å²) < 4.78 is 18.5. The van der Waals surface area contributed by atoms with E-state index in [1.807, 2.05) is 20.2 Å². The average molecular weight is 240 g/mol. The van der Waals surface area contributed by atoms with Crippen molar-refractivity contribution in [2.75, 3.05) is 34.3 Å². The molecule has 1 atom stereocenters. The number of halogens is 1. The van der Waals surface area contributed by atoms with E-state index in [2.05, 4.69) is 4.90 Å². The minimum atomic E-state index is -0.326. The number of methoxy groups -OCH3 is 1. The number of hydrogen-bond acceptors (Lipinski definition) is 3. The Hall–Kier alpha value is -1.13. The summed E-state index contributed by atoms with van der Waals surface area (Å²) >= 11 is 0. The molecule has 0 aliphatic carbocycles. The summed E-state index contributed by atoms with van der Waals surface area (Å²) in [5.74, 6) is 0.142. The van der Waals surface area contributed by atoms with Gasteiger partial charge in [0, 0.05) is 0 Å². The molecule has 0 saturated carbocycles. The second kappa shape index (κ2) is 6.57. The fourth-order valence-electron chi connectivity index (χ4n) is 1.77. The molecule has 0 aliphatic rings. The van der Waals surface area contributed by atoms with E-state index in [1.165, 1.54) is 13.2 Å². The first-order chi connectivity index (χ1) is 8.08. The van der Waals surface area contributed by atoms with Crippen LogP contribution in [0, 0.1) is 5.82 Å². The first kappa shape index (κ1) is 13.9. The van der Waals surface area contributed by atoms with Crippen molar-refractivity contribution in [2.24, 2.45) is 5.73 Å². The van der Waals surface area contributed by atoms with E-state index in [-0.39, 0.29) is 17.5 Å². The molecule has 1 aromatic carbocycles. The quantitative estimate of drug-likeness (QED) is 0.824. The molecule has 0 aliphatic heterocycles. The third kappa shape index (κ3) is 3.98. The van der Waals surface area contributed by atoms with Crippen LogP contribution in [-0.2, 0) is 0 Å². The minimum Gasteiger partial charge on any atom is -0.494 e. The van der Waals surface area contributed by atoms with E-state index in [1.54, 1.807) is 6.07 Å². The van der Waals surface area contributed by atoms with Gasteiger partial charge in [-0.2, -0.15) is 0 Å². The molecule has 96 valence electrons. The molecule has 0 radical (unpaired) electrons. The Kier molecular flexibility index (Phi) is 5.38. The standard InChI is InChI=1S/C13H21FN2O/c1-16(2)7-6-11(9-15)10-4-5-13(17-3)12(14)8-10/h4-5,8,11H,6-7,9,15H2,1-3H3. The van der Waals surface area contributed by atoms with Crippen LogP contribution in [0.1, 0.15) is 17.9 Å². The maximum absolute atomic E-state index is 13.6. The van der Waals surface area contributed by atoms with Crippen molar-refractivity contribution in [3.8, 4) is 5.75 Å². The first-order valence-corrected chi connectivity index (χ1v) is 5.76. The normalized spacial score (nSPS) is 12.8. The van der Waals surface area contributed by atoms with Crippen LogP contribution in [0.15, 0.2) is 18.2 Å². The highest BCUT2D eigenvalue weighted by Gasteiger charge is 2.12. The zero-order valence-electron chi connectivity index (χ0n) is 10.7. The van der Waals surface area contributed by atoms with Gasteiger partial charge >= 0.3 is 0 Å². The number of nitrogens with zero attached hydrogens (tertiary/aromatic N) is 1. The molecule has 4 heteroatoms. The molecular weight excluding hydrogens is 219 g/mol. The van der Waals surface area contributed by atoms with Gasteiger partial charge in [-0.05, 0) is 57.2 Å². The van der Waals surface area contributed by atoms with Crippen LogP contribution in [0.3, 0.4) is 0 Å². The summed E-state index contributed by atoms with van der Waals surface area (Å²) in [6.07, 6.45) is 0.926. The molecule has 3 nitrogen and oxygen atoms in total. The molecule has 17 heavy (non-hydrogen) atoms. The van der Waals surface area contributed by atoms with E-state index >= 15 is 0 Å². The fourth-order valence-corrected chi connectivity index (χ4v) is 1.77. The van der Waals surface area contributed by atoms with E-state index in [4.69, 9.17) is 10.5 Å². The van der Waals surface area contributed by atoms with Gasteiger partial charge in [0.05, 0.1) is 7.11 Å². The zero-order valence-corrected chi connectivity index (χ0v) is 10.7.